The number of rotatable bonds is 6. The lowest BCUT2D eigenvalue weighted by Gasteiger charge is -2.22. The lowest BCUT2D eigenvalue weighted by atomic mass is 10.2. The minimum absolute atomic E-state index is 0.386. The van der Waals surface area contributed by atoms with Crippen LogP contribution in [0.2, 0.25) is 0 Å². The number of nitrogens with two attached hydrogens (primary N) is 1. The Hall–Kier alpha value is -1.75. The number of carbonyl (C=O) groups excluding carboxylic acids is 1. The van der Waals surface area contributed by atoms with Gasteiger partial charge in [0.1, 0.15) is 11.8 Å². The first-order valence-corrected chi connectivity index (χ1v) is 5.77. The maximum atomic E-state index is 11.2. The fraction of sp³-hybridized carbons (Fsp3) is 0.462. The monoisotopic (exact) mass is 252 g/mol. The van der Waals surface area contributed by atoms with Gasteiger partial charge in [-0.2, -0.15) is 0 Å². The van der Waals surface area contributed by atoms with Crippen molar-refractivity contribution in [2.75, 3.05) is 32.7 Å². The molecule has 0 fully saturated rings. The van der Waals surface area contributed by atoms with Gasteiger partial charge in [0.15, 0.2) is 0 Å². The van der Waals surface area contributed by atoms with E-state index in [1.807, 2.05) is 36.2 Å². The highest BCUT2D eigenvalue weighted by molar-refractivity contribution is 5.75. The summed E-state index contributed by atoms with van der Waals surface area (Å²) in [5.74, 6) is 0.412. The fourth-order valence-electron chi connectivity index (χ4n) is 1.67. The minimum Gasteiger partial charge on any atom is -0.495 e. The summed E-state index contributed by atoms with van der Waals surface area (Å²) in [5.41, 5.74) is 6.66. The van der Waals surface area contributed by atoms with Crippen LogP contribution >= 0.6 is 0 Å². The van der Waals surface area contributed by atoms with Gasteiger partial charge in [0.2, 0.25) is 0 Å². The third-order valence-electron chi connectivity index (χ3n) is 2.78. The SMILES string of the molecule is COC(=O)C(N)CCN(C)c1ccccc1OC. The van der Waals surface area contributed by atoms with Crippen LogP contribution in [0.5, 0.6) is 5.75 Å². The number of nitrogens with zero attached hydrogens (tertiary/aromatic N) is 1. The normalized spacial score (nSPS) is 11.8. The minimum atomic E-state index is -0.591. The van der Waals surface area contributed by atoms with E-state index in [4.69, 9.17) is 10.5 Å². The zero-order chi connectivity index (χ0) is 13.5. The highest BCUT2D eigenvalue weighted by atomic mass is 16.5. The predicted octanol–water partition coefficient (Wildman–Crippen LogP) is 1.02. The molecule has 0 bridgehead atoms. The van der Waals surface area contributed by atoms with Crippen molar-refractivity contribution in [3.8, 4) is 5.75 Å². The molecule has 0 aliphatic heterocycles. The Labute approximate surface area is 107 Å². The Morgan fingerprint density at radius 2 is 2.06 bits per heavy atom. The molecule has 0 radical (unpaired) electrons. The van der Waals surface area contributed by atoms with E-state index in [0.717, 1.165) is 11.4 Å². The highest BCUT2D eigenvalue weighted by Crippen LogP contribution is 2.26. The summed E-state index contributed by atoms with van der Waals surface area (Å²) in [6, 6.07) is 7.12. The third kappa shape index (κ3) is 3.63. The summed E-state index contributed by atoms with van der Waals surface area (Å²) in [4.78, 5) is 13.2. The number of methoxy groups -OCH3 is 2. The van der Waals surface area contributed by atoms with E-state index in [-0.39, 0.29) is 5.97 Å². The molecule has 0 saturated carbocycles. The van der Waals surface area contributed by atoms with Crippen molar-refractivity contribution >= 4 is 11.7 Å². The Kier molecular flexibility index (Phi) is 5.45. The van der Waals surface area contributed by atoms with E-state index in [2.05, 4.69) is 4.74 Å². The molecule has 1 rings (SSSR count). The van der Waals surface area contributed by atoms with Crippen molar-refractivity contribution in [1.29, 1.82) is 0 Å². The second-order valence-corrected chi connectivity index (χ2v) is 4.01. The molecule has 0 saturated heterocycles. The lowest BCUT2D eigenvalue weighted by molar-refractivity contribution is -0.142. The fourth-order valence-corrected chi connectivity index (χ4v) is 1.67. The molecule has 1 aromatic rings. The molecule has 0 amide bonds. The van der Waals surface area contributed by atoms with Gasteiger partial charge >= 0.3 is 5.97 Å². The number of para-hydroxylation sites is 2. The quantitative estimate of drug-likeness (QED) is 0.766. The second-order valence-electron chi connectivity index (χ2n) is 4.01. The summed E-state index contributed by atoms with van der Waals surface area (Å²) in [6.45, 7) is 0.649. The van der Waals surface area contributed by atoms with Crippen LogP contribution in [0, 0.1) is 0 Å². The predicted molar refractivity (Wildman–Crippen MR) is 70.9 cm³/mol. The maximum absolute atomic E-state index is 11.2. The highest BCUT2D eigenvalue weighted by Gasteiger charge is 2.15. The Morgan fingerprint density at radius 1 is 1.39 bits per heavy atom. The van der Waals surface area contributed by atoms with E-state index in [1.165, 1.54) is 7.11 Å². The first kappa shape index (κ1) is 14.3. The van der Waals surface area contributed by atoms with Gasteiger partial charge in [-0.1, -0.05) is 12.1 Å². The van der Waals surface area contributed by atoms with E-state index in [1.54, 1.807) is 7.11 Å². The number of carbonyl (C=O) groups is 1. The van der Waals surface area contributed by atoms with Crippen molar-refractivity contribution in [3.05, 3.63) is 24.3 Å². The second kappa shape index (κ2) is 6.86. The first-order valence-electron chi connectivity index (χ1n) is 5.77. The Balaban J connectivity index is 2.60. The topological polar surface area (TPSA) is 64.8 Å². The van der Waals surface area contributed by atoms with Crippen LogP contribution in [0.3, 0.4) is 0 Å². The van der Waals surface area contributed by atoms with Crippen LogP contribution in [0.25, 0.3) is 0 Å². The Morgan fingerprint density at radius 3 is 2.67 bits per heavy atom. The smallest absolute Gasteiger partial charge is 0.322 e. The largest absolute Gasteiger partial charge is 0.495 e. The zero-order valence-electron chi connectivity index (χ0n) is 11.1. The molecule has 0 aliphatic rings. The van der Waals surface area contributed by atoms with Gasteiger partial charge in [-0.3, -0.25) is 4.79 Å². The molecule has 0 aliphatic carbocycles. The molecule has 1 unspecified atom stereocenters. The Bertz CT molecular complexity index is 396. The first-order chi connectivity index (χ1) is 8.60. The van der Waals surface area contributed by atoms with Crippen LogP contribution in [0.4, 0.5) is 5.69 Å². The lowest BCUT2D eigenvalue weighted by Crippen LogP contribution is -2.35. The molecular weight excluding hydrogens is 232 g/mol. The van der Waals surface area contributed by atoms with E-state index >= 15 is 0 Å². The molecule has 0 heterocycles. The molecule has 5 heteroatoms. The molecule has 1 aromatic carbocycles. The van der Waals surface area contributed by atoms with Gasteiger partial charge in [-0.25, -0.2) is 0 Å². The standard InChI is InChI=1S/C13H20N2O3/c1-15(9-8-10(14)13(16)18-3)11-6-4-5-7-12(11)17-2/h4-7,10H,8-9,14H2,1-3H3. The average Bonchev–Trinajstić information content (AvgIpc) is 2.43. The molecule has 5 nitrogen and oxygen atoms in total. The van der Waals surface area contributed by atoms with Gasteiger partial charge < -0.3 is 20.1 Å². The number of esters is 1. The summed E-state index contributed by atoms with van der Waals surface area (Å²) < 4.78 is 9.87. The molecular formula is C13H20N2O3. The molecule has 1 atom stereocenters. The average molecular weight is 252 g/mol. The number of hydrogen-bond acceptors (Lipinski definition) is 5. The summed E-state index contributed by atoms with van der Waals surface area (Å²) in [7, 11) is 4.90. The summed E-state index contributed by atoms with van der Waals surface area (Å²) >= 11 is 0. The molecule has 18 heavy (non-hydrogen) atoms. The van der Waals surface area contributed by atoms with Crippen molar-refractivity contribution < 1.29 is 14.3 Å². The van der Waals surface area contributed by atoms with E-state index in [0.29, 0.717) is 13.0 Å². The van der Waals surface area contributed by atoms with Crippen LogP contribution in [-0.4, -0.2) is 39.8 Å². The van der Waals surface area contributed by atoms with E-state index in [9.17, 15) is 4.79 Å². The van der Waals surface area contributed by atoms with Gasteiger partial charge in [-0.05, 0) is 18.6 Å². The van der Waals surface area contributed by atoms with Crippen LogP contribution in [-0.2, 0) is 9.53 Å². The zero-order valence-corrected chi connectivity index (χ0v) is 11.1. The van der Waals surface area contributed by atoms with Gasteiger partial charge in [0.25, 0.3) is 0 Å². The van der Waals surface area contributed by atoms with E-state index < -0.39 is 6.04 Å². The third-order valence-corrected chi connectivity index (χ3v) is 2.78. The van der Waals surface area contributed by atoms with Gasteiger partial charge in [-0.15, -0.1) is 0 Å². The molecule has 2 N–H and O–H groups in total. The summed E-state index contributed by atoms with van der Waals surface area (Å²) in [6.07, 6.45) is 0.529. The van der Waals surface area contributed by atoms with Gasteiger partial charge in [0.05, 0.1) is 19.9 Å². The number of benzene rings is 1. The van der Waals surface area contributed by atoms with Crippen LogP contribution < -0.4 is 15.4 Å². The molecule has 0 aromatic heterocycles. The van der Waals surface area contributed by atoms with Crippen molar-refractivity contribution in [1.82, 2.24) is 0 Å². The van der Waals surface area contributed by atoms with Crippen LogP contribution in [0.1, 0.15) is 6.42 Å². The summed E-state index contributed by atoms with van der Waals surface area (Å²) in [5, 5.41) is 0. The molecule has 100 valence electrons. The number of hydrogen-bond donors (Lipinski definition) is 1. The van der Waals surface area contributed by atoms with Crippen molar-refractivity contribution in [2.45, 2.75) is 12.5 Å². The van der Waals surface area contributed by atoms with Crippen LogP contribution in [0.15, 0.2) is 24.3 Å². The number of ether oxygens (including phenoxy) is 2. The number of anilines is 1. The van der Waals surface area contributed by atoms with Gasteiger partial charge in [0, 0.05) is 13.6 Å². The van der Waals surface area contributed by atoms with Crippen molar-refractivity contribution in [2.24, 2.45) is 5.73 Å². The molecule has 0 spiro atoms. The maximum Gasteiger partial charge on any atom is 0.322 e. The van der Waals surface area contributed by atoms with Crippen molar-refractivity contribution in [3.63, 3.8) is 0 Å².